The fourth-order valence-electron chi connectivity index (χ4n) is 4.37. The molecular weight excluding hydrogens is 489 g/mol. The van der Waals surface area contributed by atoms with Gasteiger partial charge in [0.2, 0.25) is 0 Å². The lowest BCUT2D eigenvalue weighted by Gasteiger charge is -2.37. The molecule has 204 valence electrons. The van der Waals surface area contributed by atoms with Gasteiger partial charge in [0, 0.05) is 25.2 Å². The second-order valence-corrected chi connectivity index (χ2v) is 9.99. The van der Waals surface area contributed by atoms with Crippen LogP contribution in [0.15, 0.2) is 36.4 Å². The number of nitrogens with one attached hydrogen (secondary N) is 1. The number of halogens is 1. The molecule has 0 unspecified atom stereocenters. The number of anilines is 3. The largest absolute Gasteiger partial charge is 0.437 e. The third-order valence-corrected chi connectivity index (χ3v) is 7.13. The van der Waals surface area contributed by atoms with Gasteiger partial charge in [-0.1, -0.05) is 23.7 Å². The average molecular weight is 533 g/mol. The monoisotopic (exact) mass is 532 g/mol. The molecule has 0 aliphatic carbocycles. The fourth-order valence-corrected chi connectivity index (χ4v) is 4.54. The van der Waals surface area contributed by atoms with Gasteiger partial charge in [-0.15, -0.1) is 0 Å². The Morgan fingerprint density at radius 3 is 1.78 bits per heavy atom. The first kappa shape index (κ1) is 31.1. The third kappa shape index (κ3) is 11.1. The van der Waals surface area contributed by atoms with E-state index < -0.39 is 0 Å². The molecule has 0 bridgehead atoms. The minimum atomic E-state index is -0.382. The Hall–Kier alpha value is -2.08. The molecule has 0 aromatic carbocycles. The fraction of sp³-hybridized carbons (Fsp3) is 0.583. The molecule has 0 amide bonds. The summed E-state index contributed by atoms with van der Waals surface area (Å²) in [7, 11) is 3.27. The molecule has 4 rings (SSSR count). The van der Waals surface area contributed by atoms with Gasteiger partial charge in [0.05, 0.1) is 0 Å². The molecule has 13 heteroatoms. The van der Waals surface area contributed by atoms with E-state index in [0.717, 1.165) is 57.7 Å². The molecule has 2 fully saturated rings. The smallest absolute Gasteiger partial charge is 0.376 e. The van der Waals surface area contributed by atoms with E-state index in [4.69, 9.17) is 23.1 Å². The molecule has 2 aliphatic rings. The molecule has 7 N–H and O–H groups in total. The van der Waals surface area contributed by atoms with Crippen molar-refractivity contribution in [2.45, 2.75) is 51.4 Å². The predicted octanol–water partition coefficient (Wildman–Crippen LogP) is 1.77. The summed E-state index contributed by atoms with van der Waals surface area (Å²) in [6, 6.07) is 11.9. The van der Waals surface area contributed by atoms with Crippen LogP contribution >= 0.6 is 11.6 Å². The Bertz CT molecular complexity index is 899. The first-order chi connectivity index (χ1) is 17.6. The number of hydrogen-bond donors (Lipinski definition) is 5. The van der Waals surface area contributed by atoms with E-state index in [0.29, 0.717) is 28.9 Å². The highest BCUT2D eigenvalue weighted by Crippen LogP contribution is 2.21. The molecule has 37 heavy (non-hydrogen) atoms. The highest BCUT2D eigenvalue weighted by molar-refractivity contribution is 6.45. The van der Waals surface area contributed by atoms with E-state index in [1.165, 1.54) is 0 Å². The Kier molecular flexibility index (Phi) is 13.5. The van der Waals surface area contributed by atoms with E-state index in [-0.39, 0.29) is 14.1 Å². The van der Waals surface area contributed by atoms with Crippen molar-refractivity contribution in [1.29, 1.82) is 0 Å². The van der Waals surface area contributed by atoms with Crippen LogP contribution in [0.3, 0.4) is 0 Å². The molecular formula is C24H43B2ClN8O2. The molecule has 2 saturated heterocycles. The van der Waals surface area contributed by atoms with Crippen LogP contribution in [0.2, 0.25) is 18.8 Å². The summed E-state index contributed by atoms with van der Waals surface area (Å²) in [5.41, 5.74) is 11.0. The normalized spacial score (nSPS) is 16.5. The van der Waals surface area contributed by atoms with E-state index >= 15 is 0 Å². The maximum Gasteiger partial charge on any atom is 0.376 e. The molecule has 0 radical (unpaired) electrons. The lowest BCUT2D eigenvalue weighted by Crippen LogP contribution is -2.48. The molecule has 2 aliphatic heterocycles. The zero-order valence-electron chi connectivity index (χ0n) is 22.6. The number of rotatable bonds is 5. The molecule has 0 spiro atoms. The maximum absolute atomic E-state index is 9.58. The first-order valence-electron chi connectivity index (χ1n) is 12.9. The van der Waals surface area contributed by atoms with E-state index in [2.05, 4.69) is 20.2 Å². The standard InChI is InChI=1S/C12H21BN4O.C7H17BN2O.C5H5ClN2/c1-13(18)16(2)10-6-8-17(9-7-10)12-5-3-4-11(14)15-12;1-8(11)10(2)7-3-5-9-6-4-7;6-4-2-1-3-5(7)8-4/h3-5,10,18H,6-9H2,1-2H3,(H2,14,15);7,9,11H,3-6H2,1-2H3;1-3H,(H2,7,8). The zero-order valence-corrected chi connectivity index (χ0v) is 23.3. The van der Waals surface area contributed by atoms with Crippen molar-refractivity contribution >= 4 is 43.2 Å². The Balaban J connectivity index is 0.000000215. The minimum Gasteiger partial charge on any atom is -0.437 e. The van der Waals surface area contributed by atoms with E-state index in [1.807, 2.05) is 49.5 Å². The van der Waals surface area contributed by atoms with E-state index in [9.17, 15) is 10.0 Å². The van der Waals surface area contributed by atoms with Crippen LogP contribution in [0, 0.1) is 0 Å². The van der Waals surface area contributed by atoms with Crippen molar-refractivity contribution in [1.82, 2.24) is 24.9 Å². The van der Waals surface area contributed by atoms with Crippen molar-refractivity contribution in [2.75, 3.05) is 56.6 Å². The number of nitrogens with zero attached hydrogens (tertiary/aromatic N) is 5. The van der Waals surface area contributed by atoms with Gasteiger partial charge >= 0.3 is 14.1 Å². The van der Waals surface area contributed by atoms with Crippen LogP contribution in [0.5, 0.6) is 0 Å². The molecule has 0 saturated carbocycles. The first-order valence-corrected chi connectivity index (χ1v) is 13.3. The van der Waals surface area contributed by atoms with E-state index in [1.54, 1.807) is 24.3 Å². The lowest BCUT2D eigenvalue weighted by molar-refractivity contribution is 0.270. The second kappa shape index (κ2) is 16.0. The van der Waals surface area contributed by atoms with Crippen LogP contribution in [0.1, 0.15) is 25.7 Å². The third-order valence-electron chi connectivity index (χ3n) is 6.92. The Morgan fingerprint density at radius 1 is 0.865 bits per heavy atom. The Labute approximate surface area is 227 Å². The van der Waals surface area contributed by atoms with Gasteiger partial charge in [0.15, 0.2) is 0 Å². The van der Waals surface area contributed by atoms with Gasteiger partial charge in [-0.3, -0.25) is 0 Å². The van der Waals surface area contributed by atoms with Crippen molar-refractivity contribution in [2.24, 2.45) is 0 Å². The highest BCUT2D eigenvalue weighted by Gasteiger charge is 2.26. The van der Waals surface area contributed by atoms with Crippen LogP contribution in [0.25, 0.3) is 0 Å². The van der Waals surface area contributed by atoms with Crippen LogP contribution in [0.4, 0.5) is 17.5 Å². The number of nitrogens with two attached hydrogens (primary N) is 2. The van der Waals surface area contributed by atoms with Gasteiger partial charge in [-0.2, -0.15) is 0 Å². The number of piperidine rings is 2. The molecule has 2 aromatic rings. The number of aromatic nitrogens is 2. The maximum atomic E-state index is 9.58. The number of pyridine rings is 2. The Morgan fingerprint density at radius 2 is 1.35 bits per heavy atom. The topological polar surface area (TPSA) is 140 Å². The van der Waals surface area contributed by atoms with Crippen LogP contribution in [-0.4, -0.2) is 96.1 Å². The van der Waals surface area contributed by atoms with Crippen molar-refractivity contribution < 1.29 is 10.0 Å². The average Bonchev–Trinajstić information content (AvgIpc) is 2.89. The van der Waals surface area contributed by atoms with Crippen LogP contribution < -0.4 is 21.7 Å². The molecule has 4 heterocycles. The van der Waals surface area contributed by atoms with Gasteiger partial charge in [-0.05, 0) is 90.8 Å². The van der Waals surface area contributed by atoms with Crippen molar-refractivity contribution in [3.05, 3.63) is 41.6 Å². The van der Waals surface area contributed by atoms with Crippen LogP contribution in [-0.2, 0) is 0 Å². The van der Waals surface area contributed by atoms with Gasteiger partial charge in [-0.25, -0.2) is 9.97 Å². The summed E-state index contributed by atoms with van der Waals surface area (Å²) < 4.78 is 0. The van der Waals surface area contributed by atoms with Gasteiger partial charge < -0.3 is 41.4 Å². The summed E-state index contributed by atoms with van der Waals surface area (Å²) >= 11 is 5.45. The summed E-state index contributed by atoms with van der Waals surface area (Å²) in [5, 5.41) is 22.6. The summed E-state index contributed by atoms with van der Waals surface area (Å²) in [5.74, 6) is 1.97. The SMILES string of the molecule is CB(O)N(C)C1CCN(c2cccc(N)n2)CC1.CB(O)N(C)C1CCNCC1.Nc1cccc(Cl)n1. The summed E-state index contributed by atoms with van der Waals surface area (Å²) in [6.45, 7) is 7.72. The molecule has 10 nitrogen and oxygen atoms in total. The van der Waals surface area contributed by atoms with Gasteiger partial charge in [0.1, 0.15) is 22.6 Å². The quantitative estimate of drug-likeness (QED) is 0.286. The van der Waals surface area contributed by atoms with Gasteiger partial charge in [0.25, 0.3) is 0 Å². The number of nitrogen functional groups attached to an aromatic ring is 2. The van der Waals surface area contributed by atoms with Crippen molar-refractivity contribution in [3.63, 3.8) is 0 Å². The lowest BCUT2D eigenvalue weighted by atomic mass is 9.82. The second-order valence-electron chi connectivity index (χ2n) is 9.60. The van der Waals surface area contributed by atoms with Crippen molar-refractivity contribution in [3.8, 4) is 0 Å². The minimum absolute atomic E-state index is 0.307. The highest BCUT2D eigenvalue weighted by atomic mass is 35.5. The summed E-state index contributed by atoms with van der Waals surface area (Å²) in [4.78, 5) is 14.4. The summed E-state index contributed by atoms with van der Waals surface area (Å²) in [6.07, 6.45) is 4.39. The zero-order chi connectivity index (χ0) is 27.4. The molecule has 0 atom stereocenters. The number of hydrogen-bond acceptors (Lipinski definition) is 10. The molecule has 2 aromatic heterocycles. The predicted molar refractivity (Wildman–Crippen MR) is 157 cm³/mol.